The fourth-order valence-electron chi connectivity index (χ4n) is 1.17. The Labute approximate surface area is 86.6 Å². The van der Waals surface area contributed by atoms with Crippen molar-refractivity contribution >= 4 is 15.9 Å². The summed E-state index contributed by atoms with van der Waals surface area (Å²) in [5.41, 5.74) is 0.788. The average molecular weight is 243 g/mol. The molecule has 0 aliphatic heterocycles. The molecule has 1 rings (SSSR count). The summed E-state index contributed by atoms with van der Waals surface area (Å²) < 4.78 is 14.1. The Morgan fingerprint density at radius 2 is 2.08 bits per heavy atom. The van der Waals surface area contributed by atoms with Crippen LogP contribution >= 0.6 is 15.9 Å². The Hall–Kier alpha value is -0.630. The van der Waals surface area contributed by atoms with Crippen molar-refractivity contribution in [3.8, 4) is 0 Å². The predicted octanol–water partition coefficient (Wildman–Crippen LogP) is 4.06. The minimum Gasteiger partial charge on any atom is -0.207 e. The second-order valence-corrected chi connectivity index (χ2v) is 4.08. The molecular weight excluding hydrogens is 231 g/mol. The molecule has 0 N–H and O–H groups in total. The van der Waals surface area contributed by atoms with Gasteiger partial charge in [-0.3, -0.25) is 0 Å². The zero-order valence-corrected chi connectivity index (χ0v) is 8.98. The van der Waals surface area contributed by atoms with Gasteiger partial charge < -0.3 is 0 Å². The van der Waals surface area contributed by atoms with E-state index in [1.54, 1.807) is 6.07 Å². The van der Waals surface area contributed by atoms with E-state index in [1.807, 2.05) is 12.1 Å². The van der Waals surface area contributed by atoms with Crippen molar-refractivity contribution in [1.82, 2.24) is 0 Å². The monoisotopic (exact) mass is 242 g/mol. The van der Waals surface area contributed by atoms with Crippen LogP contribution < -0.4 is 0 Å². The Bertz CT molecular complexity index is 294. The van der Waals surface area contributed by atoms with E-state index < -0.39 is 0 Å². The zero-order valence-electron chi connectivity index (χ0n) is 7.39. The summed E-state index contributed by atoms with van der Waals surface area (Å²) in [6.45, 7) is 3.73. The minimum absolute atomic E-state index is 0.109. The topological polar surface area (TPSA) is 0 Å². The first kappa shape index (κ1) is 10.5. The standard InChI is InChI=1S/C11H12BrF/c1-9(12)5-4-7-10-6-2-3-8-11(10)13/h2-3,6,8H,1,4-5,7H2. The van der Waals surface area contributed by atoms with Crippen LogP contribution in [-0.4, -0.2) is 0 Å². The molecule has 0 aromatic heterocycles. The third-order valence-electron chi connectivity index (χ3n) is 1.85. The van der Waals surface area contributed by atoms with Crippen molar-refractivity contribution in [3.63, 3.8) is 0 Å². The smallest absolute Gasteiger partial charge is 0.126 e. The lowest BCUT2D eigenvalue weighted by atomic mass is 10.1. The van der Waals surface area contributed by atoms with Crippen molar-refractivity contribution in [2.45, 2.75) is 19.3 Å². The maximum absolute atomic E-state index is 13.1. The fourth-order valence-corrected chi connectivity index (χ4v) is 1.45. The van der Waals surface area contributed by atoms with Crippen LogP contribution in [0.4, 0.5) is 4.39 Å². The number of allylic oxidation sites excluding steroid dienone is 1. The van der Waals surface area contributed by atoms with Gasteiger partial charge in [0.1, 0.15) is 5.82 Å². The Balaban J connectivity index is 2.45. The van der Waals surface area contributed by atoms with Crippen LogP contribution in [0.5, 0.6) is 0 Å². The molecule has 0 aliphatic rings. The van der Waals surface area contributed by atoms with Gasteiger partial charge in [-0.25, -0.2) is 4.39 Å². The van der Waals surface area contributed by atoms with Gasteiger partial charge in [0.15, 0.2) is 0 Å². The van der Waals surface area contributed by atoms with E-state index in [9.17, 15) is 4.39 Å². The third kappa shape index (κ3) is 3.73. The molecule has 70 valence electrons. The third-order valence-corrected chi connectivity index (χ3v) is 2.25. The van der Waals surface area contributed by atoms with Gasteiger partial charge in [-0.2, -0.15) is 0 Å². The zero-order chi connectivity index (χ0) is 9.68. The summed E-state index contributed by atoms with van der Waals surface area (Å²) in [7, 11) is 0. The van der Waals surface area contributed by atoms with Crippen LogP contribution in [0, 0.1) is 5.82 Å². The fraction of sp³-hybridized carbons (Fsp3) is 0.273. The summed E-state index contributed by atoms with van der Waals surface area (Å²) in [5, 5.41) is 0. The molecule has 0 amide bonds. The van der Waals surface area contributed by atoms with Crippen LogP contribution in [0.25, 0.3) is 0 Å². The van der Waals surface area contributed by atoms with E-state index >= 15 is 0 Å². The summed E-state index contributed by atoms with van der Waals surface area (Å²) in [6.07, 6.45) is 2.61. The molecule has 0 spiro atoms. The van der Waals surface area contributed by atoms with Crippen LogP contribution in [-0.2, 0) is 6.42 Å². The number of aryl methyl sites for hydroxylation is 1. The van der Waals surface area contributed by atoms with Gasteiger partial charge >= 0.3 is 0 Å². The summed E-state index contributed by atoms with van der Waals surface area (Å²) in [4.78, 5) is 0. The van der Waals surface area contributed by atoms with Gasteiger partial charge in [0.2, 0.25) is 0 Å². The maximum Gasteiger partial charge on any atom is 0.126 e. The van der Waals surface area contributed by atoms with E-state index in [1.165, 1.54) is 6.07 Å². The van der Waals surface area contributed by atoms with Crippen LogP contribution in [0.1, 0.15) is 18.4 Å². The molecule has 0 unspecified atom stereocenters. The van der Waals surface area contributed by atoms with Crippen LogP contribution in [0.3, 0.4) is 0 Å². The van der Waals surface area contributed by atoms with Gasteiger partial charge in [0, 0.05) is 0 Å². The lowest BCUT2D eigenvalue weighted by Gasteiger charge is -2.01. The summed E-state index contributed by atoms with van der Waals surface area (Å²) in [5.74, 6) is -0.109. The lowest BCUT2D eigenvalue weighted by molar-refractivity contribution is 0.605. The Morgan fingerprint density at radius 3 is 2.69 bits per heavy atom. The first-order valence-corrected chi connectivity index (χ1v) is 5.06. The van der Waals surface area contributed by atoms with Crippen molar-refractivity contribution in [2.75, 3.05) is 0 Å². The molecule has 0 bridgehead atoms. The number of halogens is 2. The van der Waals surface area contributed by atoms with Crippen molar-refractivity contribution in [3.05, 3.63) is 46.7 Å². The van der Waals surface area contributed by atoms with Crippen molar-refractivity contribution < 1.29 is 4.39 Å². The number of rotatable bonds is 4. The molecule has 0 fully saturated rings. The number of benzene rings is 1. The SMILES string of the molecule is C=C(Br)CCCc1ccccc1F. The minimum atomic E-state index is -0.109. The van der Waals surface area contributed by atoms with E-state index in [4.69, 9.17) is 0 Å². The Kier molecular flexibility index (Phi) is 4.16. The molecule has 13 heavy (non-hydrogen) atoms. The first-order valence-electron chi connectivity index (χ1n) is 4.27. The molecular formula is C11H12BrF. The molecule has 0 saturated heterocycles. The van der Waals surface area contributed by atoms with Gasteiger partial charge in [0.05, 0.1) is 0 Å². The second kappa shape index (κ2) is 5.18. The predicted molar refractivity (Wildman–Crippen MR) is 57.4 cm³/mol. The molecule has 2 heteroatoms. The van der Waals surface area contributed by atoms with Crippen LogP contribution in [0.2, 0.25) is 0 Å². The van der Waals surface area contributed by atoms with Crippen molar-refractivity contribution in [1.29, 1.82) is 0 Å². The average Bonchev–Trinajstić information content (AvgIpc) is 2.08. The van der Waals surface area contributed by atoms with Crippen LogP contribution in [0.15, 0.2) is 35.3 Å². The van der Waals surface area contributed by atoms with E-state index in [0.717, 1.165) is 29.3 Å². The van der Waals surface area contributed by atoms with Gasteiger partial charge in [0.25, 0.3) is 0 Å². The van der Waals surface area contributed by atoms with Gasteiger partial charge in [-0.05, 0) is 35.4 Å². The second-order valence-electron chi connectivity index (χ2n) is 2.96. The summed E-state index contributed by atoms with van der Waals surface area (Å²) in [6, 6.07) is 6.90. The molecule has 0 aliphatic carbocycles. The molecule has 0 saturated carbocycles. The molecule has 0 atom stereocenters. The van der Waals surface area contributed by atoms with Crippen molar-refractivity contribution in [2.24, 2.45) is 0 Å². The molecule has 1 aromatic carbocycles. The van der Waals surface area contributed by atoms with Gasteiger partial charge in [-0.15, -0.1) is 0 Å². The summed E-state index contributed by atoms with van der Waals surface area (Å²) >= 11 is 3.28. The molecule has 0 heterocycles. The lowest BCUT2D eigenvalue weighted by Crippen LogP contribution is -1.89. The highest BCUT2D eigenvalue weighted by Crippen LogP contribution is 2.14. The molecule has 0 nitrogen and oxygen atoms in total. The number of hydrogen-bond donors (Lipinski definition) is 0. The quantitative estimate of drug-likeness (QED) is 0.748. The molecule has 0 radical (unpaired) electrons. The van der Waals surface area contributed by atoms with E-state index in [2.05, 4.69) is 22.5 Å². The van der Waals surface area contributed by atoms with E-state index in [-0.39, 0.29) is 5.82 Å². The Morgan fingerprint density at radius 1 is 1.38 bits per heavy atom. The highest BCUT2D eigenvalue weighted by molar-refractivity contribution is 9.11. The highest BCUT2D eigenvalue weighted by atomic mass is 79.9. The van der Waals surface area contributed by atoms with Gasteiger partial charge in [-0.1, -0.05) is 40.7 Å². The highest BCUT2D eigenvalue weighted by Gasteiger charge is 1.99. The maximum atomic E-state index is 13.1. The number of hydrogen-bond acceptors (Lipinski definition) is 0. The van der Waals surface area contributed by atoms with E-state index in [0.29, 0.717) is 0 Å². The largest absolute Gasteiger partial charge is 0.207 e. The molecule has 1 aromatic rings. The normalized spacial score (nSPS) is 10.0. The first-order chi connectivity index (χ1) is 6.20.